The third-order valence-corrected chi connectivity index (χ3v) is 4.61. The summed E-state index contributed by atoms with van der Waals surface area (Å²) in [5.41, 5.74) is 1.17. The SMILES string of the molecule is O=C1CC[C@]2(CCCO2)CCN1C/C=C/c1ccccc1. The van der Waals surface area contributed by atoms with Crippen LogP contribution in [0.5, 0.6) is 0 Å². The molecule has 0 aliphatic carbocycles. The van der Waals surface area contributed by atoms with Crippen molar-refractivity contribution in [1.29, 1.82) is 0 Å². The molecule has 0 N–H and O–H groups in total. The number of rotatable bonds is 3. The van der Waals surface area contributed by atoms with Crippen LogP contribution in [-0.4, -0.2) is 36.1 Å². The normalized spacial score (nSPS) is 26.7. The van der Waals surface area contributed by atoms with Crippen LogP contribution < -0.4 is 0 Å². The molecule has 2 aliphatic rings. The Kier molecular flexibility index (Phi) is 4.39. The summed E-state index contributed by atoms with van der Waals surface area (Å²) in [5.74, 6) is 0.264. The van der Waals surface area contributed by atoms with Gasteiger partial charge in [0.15, 0.2) is 0 Å². The number of hydrogen-bond donors (Lipinski definition) is 0. The molecule has 1 spiro atoms. The van der Waals surface area contributed by atoms with Gasteiger partial charge in [0.2, 0.25) is 5.91 Å². The van der Waals surface area contributed by atoms with Gasteiger partial charge >= 0.3 is 0 Å². The number of benzene rings is 1. The molecule has 1 atom stereocenters. The summed E-state index contributed by atoms with van der Waals surface area (Å²) in [6.07, 6.45) is 8.93. The largest absolute Gasteiger partial charge is 0.375 e. The van der Waals surface area contributed by atoms with Gasteiger partial charge in [0.25, 0.3) is 0 Å². The zero-order valence-electron chi connectivity index (χ0n) is 12.5. The summed E-state index contributed by atoms with van der Waals surface area (Å²) in [5, 5.41) is 0. The van der Waals surface area contributed by atoms with Crippen molar-refractivity contribution in [1.82, 2.24) is 4.90 Å². The van der Waals surface area contributed by atoms with Crippen LogP contribution in [0.3, 0.4) is 0 Å². The van der Waals surface area contributed by atoms with Gasteiger partial charge in [-0.25, -0.2) is 0 Å². The van der Waals surface area contributed by atoms with Gasteiger partial charge < -0.3 is 9.64 Å². The Morgan fingerprint density at radius 2 is 2.05 bits per heavy atom. The number of carbonyl (C=O) groups excluding carboxylic acids is 1. The predicted octanol–water partition coefficient (Wildman–Crippen LogP) is 3.26. The fourth-order valence-corrected chi connectivity index (χ4v) is 3.30. The van der Waals surface area contributed by atoms with Crippen molar-refractivity contribution in [2.75, 3.05) is 19.7 Å². The Balaban J connectivity index is 1.58. The summed E-state index contributed by atoms with van der Waals surface area (Å²) in [7, 11) is 0. The number of amides is 1. The third kappa shape index (κ3) is 3.53. The van der Waals surface area contributed by atoms with Gasteiger partial charge in [-0.1, -0.05) is 42.5 Å². The monoisotopic (exact) mass is 285 g/mol. The highest BCUT2D eigenvalue weighted by Gasteiger charge is 2.38. The first-order valence-corrected chi connectivity index (χ1v) is 7.91. The lowest BCUT2D eigenvalue weighted by atomic mass is 9.92. The van der Waals surface area contributed by atoms with E-state index < -0.39 is 0 Å². The molecule has 0 unspecified atom stereocenters. The molecule has 3 heteroatoms. The van der Waals surface area contributed by atoms with Crippen LogP contribution in [0.15, 0.2) is 36.4 Å². The summed E-state index contributed by atoms with van der Waals surface area (Å²) in [6.45, 7) is 2.38. The molecular formula is C18H23NO2. The van der Waals surface area contributed by atoms with Crippen molar-refractivity contribution in [2.45, 2.75) is 37.7 Å². The summed E-state index contributed by atoms with van der Waals surface area (Å²) in [4.78, 5) is 14.2. The summed E-state index contributed by atoms with van der Waals surface area (Å²) < 4.78 is 5.93. The number of ether oxygens (including phenoxy) is 1. The van der Waals surface area contributed by atoms with Crippen LogP contribution in [0.1, 0.15) is 37.7 Å². The topological polar surface area (TPSA) is 29.5 Å². The molecule has 0 saturated carbocycles. The average Bonchev–Trinajstić information content (AvgIpc) is 2.92. The molecule has 2 saturated heterocycles. The molecular weight excluding hydrogens is 262 g/mol. The zero-order valence-corrected chi connectivity index (χ0v) is 12.5. The standard InChI is InChI=1S/C18H23NO2/c20-17-9-11-18(10-5-15-21-18)12-14-19(17)13-4-8-16-6-2-1-3-7-16/h1-4,6-8H,5,9-15H2/b8-4+/t18-/m1/s1. The van der Waals surface area contributed by atoms with E-state index in [1.807, 2.05) is 23.1 Å². The van der Waals surface area contributed by atoms with E-state index in [-0.39, 0.29) is 11.5 Å². The van der Waals surface area contributed by atoms with Crippen molar-refractivity contribution in [3.05, 3.63) is 42.0 Å². The van der Waals surface area contributed by atoms with Crippen molar-refractivity contribution in [2.24, 2.45) is 0 Å². The minimum absolute atomic E-state index is 0.00639. The fraction of sp³-hybridized carbons (Fsp3) is 0.500. The second-order valence-corrected chi connectivity index (χ2v) is 6.04. The van der Waals surface area contributed by atoms with Crippen LogP contribution in [0.25, 0.3) is 6.08 Å². The Bertz CT molecular complexity index is 503. The molecule has 1 amide bonds. The van der Waals surface area contributed by atoms with E-state index in [9.17, 15) is 4.79 Å². The minimum Gasteiger partial charge on any atom is -0.375 e. The maximum atomic E-state index is 12.2. The molecule has 0 bridgehead atoms. The van der Waals surface area contributed by atoms with Gasteiger partial charge in [0, 0.05) is 26.1 Å². The molecule has 2 heterocycles. The number of nitrogens with zero attached hydrogens (tertiary/aromatic N) is 1. The van der Waals surface area contributed by atoms with Crippen LogP contribution in [0.2, 0.25) is 0 Å². The summed E-state index contributed by atoms with van der Waals surface area (Å²) in [6, 6.07) is 10.2. The quantitative estimate of drug-likeness (QED) is 0.853. The lowest BCUT2D eigenvalue weighted by Gasteiger charge is -2.26. The molecule has 1 aromatic rings. The highest BCUT2D eigenvalue weighted by Crippen LogP contribution is 2.35. The van der Waals surface area contributed by atoms with Crippen LogP contribution >= 0.6 is 0 Å². The van der Waals surface area contributed by atoms with Gasteiger partial charge in [0.05, 0.1) is 5.60 Å². The molecule has 1 aromatic carbocycles. The Hall–Kier alpha value is -1.61. The number of hydrogen-bond acceptors (Lipinski definition) is 2. The smallest absolute Gasteiger partial charge is 0.222 e. The van der Waals surface area contributed by atoms with E-state index in [1.54, 1.807) is 0 Å². The summed E-state index contributed by atoms with van der Waals surface area (Å²) >= 11 is 0. The van der Waals surface area contributed by atoms with Crippen LogP contribution in [0, 0.1) is 0 Å². The lowest BCUT2D eigenvalue weighted by molar-refractivity contribution is -0.130. The lowest BCUT2D eigenvalue weighted by Crippen LogP contribution is -2.32. The molecule has 0 radical (unpaired) electrons. The zero-order chi connectivity index (χ0) is 14.5. The van der Waals surface area contributed by atoms with Gasteiger partial charge in [-0.3, -0.25) is 4.79 Å². The average molecular weight is 285 g/mol. The van der Waals surface area contributed by atoms with Crippen LogP contribution in [-0.2, 0) is 9.53 Å². The van der Waals surface area contributed by atoms with Crippen molar-refractivity contribution < 1.29 is 9.53 Å². The molecule has 2 fully saturated rings. The maximum Gasteiger partial charge on any atom is 0.222 e. The van der Waals surface area contributed by atoms with Gasteiger partial charge in [-0.2, -0.15) is 0 Å². The first kappa shape index (κ1) is 14.3. The van der Waals surface area contributed by atoms with E-state index in [2.05, 4.69) is 24.3 Å². The van der Waals surface area contributed by atoms with Gasteiger partial charge in [-0.05, 0) is 31.2 Å². The molecule has 3 rings (SSSR count). The molecule has 0 aromatic heterocycles. The van der Waals surface area contributed by atoms with Crippen molar-refractivity contribution in [3.63, 3.8) is 0 Å². The van der Waals surface area contributed by atoms with Crippen LogP contribution in [0.4, 0.5) is 0 Å². The second kappa shape index (κ2) is 6.44. The molecule has 2 aliphatic heterocycles. The van der Waals surface area contributed by atoms with Gasteiger partial charge in [-0.15, -0.1) is 0 Å². The molecule has 21 heavy (non-hydrogen) atoms. The van der Waals surface area contributed by atoms with Crippen molar-refractivity contribution >= 4 is 12.0 Å². The first-order valence-electron chi connectivity index (χ1n) is 7.91. The highest BCUT2D eigenvalue weighted by molar-refractivity contribution is 5.77. The predicted molar refractivity (Wildman–Crippen MR) is 83.8 cm³/mol. The van der Waals surface area contributed by atoms with E-state index in [0.29, 0.717) is 13.0 Å². The van der Waals surface area contributed by atoms with E-state index in [1.165, 1.54) is 5.56 Å². The number of likely N-dealkylation sites (tertiary alicyclic amines) is 1. The van der Waals surface area contributed by atoms with Gasteiger partial charge in [0.1, 0.15) is 0 Å². The first-order chi connectivity index (χ1) is 10.3. The third-order valence-electron chi connectivity index (χ3n) is 4.61. The molecule has 112 valence electrons. The van der Waals surface area contributed by atoms with E-state index in [4.69, 9.17) is 4.74 Å². The van der Waals surface area contributed by atoms with E-state index >= 15 is 0 Å². The van der Waals surface area contributed by atoms with Crippen molar-refractivity contribution in [3.8, 4) is 0 Å². The Morgan fingerprint density at radius 3 is 2.81 bits per heavy atom. The Morgan fingerprint density at radius 1 is 1.19 bits per heavy atom. The highest BCUT2D eigenvalue weighted by atomic mass is 16.5. The Labute approximate surface area is 126 Å². The second-order valence-electron chi connectivity index (χ2n) is 6.04. The number of carbonyl (C=O) groups is 1. The van der Waals surface area contributed by atoms with E-state index in [0.717, 1.165) is 38.8 Å². The minimum atomic E-state index is -0.00639. The fourth-order valence-electron chi connectivity index (χ4n) is 3.30. The molecule has 3 nitrogen and oxygen atoms in total. The maximum absolute atomic E-state index is 12.2.